The Morgan fingerprint density at radius 2 is 1.38 bits per heavy atom. The number of carbonyl (C=O) groups excluding carboxylic acids is 1. The molecule has 0 amide bonds. The summed E-state index contributed by atoms with van der Waals surface area (Å²) >= 11 is 0. The van der Waals surface area contributed by atoms with Crippen LogP contribution in [0.3, 0.4) is 0 Å². The van der Waals surface area contributed by atoms with Gasteiger partial charge in [-0.3, -0.25) is 4.79 Å². The number of hydrogen-bond acceptors (Lipinski definition) is 4. The van der Waals surface area contributed by atoms with Gasteiger partial charge in [-0.15, -0.1) is 0 Å². The molecule has 0 heterocycles. The lowest BCUT2D eigenvalue weighted by atomic mass is 10.2. The average Bonchev–Trinajstić information content (AvgIpc) is 1.85. The molecule has 1 aromatic carbocycles. The summed E-state index contributed by atoms with van der Waals surface area (Å²) in [6.45, 7) is 0. The third-order valence-corrected chi connectivity index (χ3v) is 1.24. The van der Waals surface area contributed by atoms with Gasteiger partial charge in [-0.05, 0) is 0 Å². The molecule has 0 fully saturated rings. The molecule has 0 aliphatic carbocycles. The fourth-order valence-electron chi connectivity index (χ4n) is 0.729. The number of aldehydes is 1. The van der Waals surface area contributed by atoms with Gasteiger partial charge in [0.05, 0.1) is 5.56 Å². The van der Waals surface area contributed by atoms with Crippen molar-refractivity contribution in [2.45, 2.75) is 0 Å². The molecule has 0 atom stereocenters. The minimum Gasteiger partial charge on any atom is -0.508 e. The smallest absolute Gasteiger partial charge is 0.157 e. The lowest BCUT2D eigenvalue weighted by Gasteiger charge is -2.00. The Bertz CT molecular complexity index is 272. The molecule has 6 heteroatoms. The number of benzene rings is 1. The number of aromatic hydroxyl groups is 3. The van der Waals surface area contributed by atoms with Crippen LogP contribution in [-0.2, 0) is 0 Å². The van der Waals surface area contributed by atoms with Gasteiger partial charge < -0.3 is 26.3 Å². The molecule has 6 nitrogen and oxygen atoms in total. The summed E-state index contributed by atoms with van der Waals surface area (Å²) in [5.74, 6) is -1.15. The number of hydrogen-bond donors (Lipinski definition) is 3. The van der Waals surface area contributed by atoms with Crippen LogP contribution in [0.15, 0.2) is 12.1 Å². The SMILES string of the molecule is O.O.O=Cc1c(O)cc(O)cc1O. The summed E-state index contributed by atoms with van der Waals surface area (Å²) in [6, 6.07) is 1.95. The Kier molecular flexibility index (Phi) is 5.26. The zero-order valence-electron chi connectivity index (χ0n) is 6.48. The van der Waals surface area contributed by atoms with Crippen molar-refractivity contribution < 1.29 is 31.1 Å². The molecule has 0 saturated heterocycles. The number of phenolic OH excluding ortho intramolecular Hbond substituents is 3. The van der Waals surface area contributed by atoms with Crippen LogP contribution in [-0.4, -0.2) is 32.6 Å². The maximum Gasteiger partial charge on any atom is 0.157 e. The largest absolute Gasteiger partial charge is 0.508 e. The van der Waals surface area contributed by atoms with Crippen molar-refractivity contribution in [3.63, 3.8) is 0 Å². The van der Waals surface area contributed by atoms with Gasteiger partial charge in [0, 0.05) is 12.1 Å². The van der Waals surface area contributed by atoms with Gasteiger partial charge in [-0.2, -0.15) is 0 Å². The summed E-state index contributed by atoms with van der Waals surface area (Å²) in [5, 5.41) is 26.6. The Labute approximate surface area is 73.3 Å². The molecule has 0 unspecified atom stereocenters. The number of phenols is 3. The molecule has 1 aromatic rings. The maximum absolute atomic E-state index is 10.2. The van der Waals surface area contributed by atoms with Crippen LogP contribution in [0.5, 0.6) is 17.2 Å². The van der Waals surface area contributed by atoms with E-state index in [0.717, 1.165) is 12.1 Å². The minimum atomic E-state index is -0.433. The first-order valence-corrected chi connectivity index (χ1v) is 2.85. The molecular weight excluding hydrogens is 180 g/mol. The zero-order chi connectivity index (χ0) is 8.43. The van der Waals surface area contributed by atoms with Gasteiger partial charge >= 0.3 is 0 Å². The molecule has 0 saturated carbocycles. The normalized spacial score (nSPS) is 8.00. The van der Waals surface area contributed by atoms with E-state index in [1.165, 1.54) is 0 Å². The lowest BCUT2D eigenvalue weighted by molar-refractivity contribution is 0.111. The second kappa shape index (κ2) is 4.96. The molecule has 0 bridgehead atoms. The third kappa shape index (κ3) is 2.62. The van der Waals surface area contributed by atoms with Crippen molar-refractivity contribution in [1.29, 1.82) is 0 Å². The van der Waals surface area contributed by atoms with Crippen molar-refractivity contribution in [2.24, 2.45) is 0 Å². The minimum absolute atomic E-state index is 0. The number of rotatable bonds is 1. The van der Waals surface area contributed by atoms with Gasteiger partial charge in [-0.1, -0.05) is 0 Å². The van der Waals surface area contributed by atoms with Crippen molar-refractivity contribution in [3.05, 3.63) is 17.7 Å². The van der Waals surface area contributed by atoms with Crippen molar-refractivity contribution >= 4 is 6.29 Å². The topological polar surface area (TPSA) is 141 Å². The fourth-order valence-corrected chi connectivity index (χ4v) is 0.729. The molecule has 0 aliphatic heterocycles. The first-order chi connectivity index (χ1) is 5.15. The molecule has 13 heavy (non-hydrogen) atoms. The second-order valence-corrected chi connectivity index (χ2v) is 2.02. The summed E-state index contributed by atoms with van der Waals surface area (Å²) < 4.78 is 0. The van der Waals surface area contributed by atoms with E-state index < -0.39 is 11.5 Å². The highest BCUT2D eigenvalue weighted by atomic mass is 16.3. The van der Waals surface area contributed by atoms with E-state index in [1.807, 2.05) is 0 Å². The Balaban J connectivity index is 0. The zero-order valence-corrected chi connectivity index (χ0v) is 6.48. The van der Waals surface area contributed by atoms with Crippen LogP contribution in [0.1, 0.15) is 10.4 Å². The summed E-state index contributed by atoms with van der Waals surface area (Å²) in [6.07, 6.45) is 0.310. The number of carbonyl (C=O) groups is 1. The highest BCUT2D eigenvalue weighted by Crippen LogP contribution is 2.29. The van der Waals surface area contributed by atoms with Gasteiger partial charge in [0.25, 0.3) is 0 Å². The van der Waals surface area contributed by atoms with Crippen molar-refractivity contribution in [3.8, 4) is 17.2 Å². The second-order valence-electron chi connectivity index (χ2n) is 2.02. The van der Waals surface area contributed by atoms with Crippen LogP contribution >= 0.6 is 0 Å². The van der Waals surface area contributed by atoms with Crippen LogP contribution in [0.2, 0.25) is 0 Å². The van der Waals surface area contributed by atoms with E-state index in [4.69, 9.17) is 15.3 Å². The van der Waals surface area contributed by atoms with E-state index in [2.05, 4.69) is 0 Å². The van der Waals surface area contributed by atoms with E-state index in [-0.39, 0.29) is 22.3 Å². The molecule has 7 N–H and O–H groups in total. The first-order valence-electron chi connectivity index (χ1n) is 2.85. The molecule has 0 aliphatic rings. The monoisotopic (exact) mass is 190 g/mol. The van der Waals surface area contributed by atoms with Gasteiger partial charge in [0.15, 0.2) is 6.29 Å². The lowest BCUT2D eigenvalue weighted by Crippen LogP contribution is -1.81. The standard InChI is InChI=1S/C7H6O4.2H2O/c8-3-5-6(10)1-4(9)2-7(5)11;;/h1-3,9-11H;2*1H2. The Morgan fingerprint density at radius 1 is 1.00 bits per heavy atom. The average molecular weight is 190 g/mol. The molecule has 0 aromatic heterocycles. The highest BCUT2D eigenvalue weighted by Gasteiger charge is 2.07. The van der Waals surface area contributed by atoms with Crippen LogP contribution in [0, 0.1) is 0 Å². The van der Waals surface area contributed by atoms with E-state index in [0.29, 0.717) is 6.29 Å². The fraction of sp³-hybridized carbons (Fsp3) is 0. The van der Waals surface area contributed by atoms with E-state index in [1.54, 1.807) is 0 Å². The first kappa shape index (κ1) is 13.8. The Morgan fingerprint density at radius 3 is 1.69 bits per heavy atom. The quantitative estimate of drug-likeness (QED) is 0.486. The maximum atomic E-state index is 10.2. The molecule has 0 radical (unpaired) electrons. The van der Waals surface area contributed by atoms with Crippen LogP contribution in [0.25, 0.3) is 0 Å². The molecule has 1 rings (SSSR count). The van der Waals surface area contributed by atoms with Crippen molar-refractivity contribution in [1.82, 2.24) is 0 Å². The highest BCUT2D eigenvalue weighted by molar-refractivity contribution is 5.83. The van der Waals surface area contributed by atoms with E-state index in [9.17, 15) is 4.79 Å². The van der Waals surface area contributed by atoms with Crippen molar-refractivity contribution in [2.75, 3.05) is 0 Å². The van der Waals surface area contributed by atoms with Crippen LogP contribution in [0.4, 0.5) is 0 Å². The molecule has 0 spiro atoms. The van der Waals surface area contributed by atoms with E-state index >= 15 is 0 Å². The summed E-state index contributed by atoms with van der Waals surface area (Å²) in [7, 11) is 0. The predicted molar refractivity (Wildman–Crippen MR) is 44.1 cm³/mol. The summed E-state index contributed by atoms with van der Waals surface area (Å²) in [4.78, 5) is 10.2. The van der Waals surface area contributed by atoms with Gasteiger partial charge in [0.1, 0.15) is 17.2 Å². The third-order valence-electron chi connectivity index (χ3n) is 1.24. The van der Waals surface area contributed by atoms with Gasteiger partial charge in [-0.25, -0.2) is 0 Å². The Hall–Kier alpha value is -1.79. The molecule has 74 valence electrons. The molecular formula is C7H10O6. The van der Waals surface area contributed by atoms with Gasteiger partial charge in [0.2, 0.25) is 0 Å². The summed E-state index contributed by atoms with van der Waals surface area (Å²) in [5.41, 5.74) is -0.220. The predicted octanol–water partition coefficient (Wildman–Crippen LogP) is -1.03. The van der Waals surface area contributed by atoms with Crippen LogP contribution < -0.4 is 0 Å².